The number of hydrogen-bond acceptors (Lipinski definition) is 2. The van der Waals surface area contributed by atoms with Crippen LogP contribution < -0.4 is 5.32 Å². The minimum atomic E-state index is -0.176. The molecule has 1 unspecified atom stereocenters. The van der Waals surface area contributed by atoms with Crippen LogP contribution in [-0.2, 0) is 0 Å². The van der Waals surface area contributed by atoms with E-state index in [0.29, 0.717) is 5.92 Å². The molecule has 0 aromatic carbocycles. The molecule has 1 rings (SSSR count). The van der Waals surface area contributed by atoms with Gasteiger partial charge in [-0.1, -0.05) is 0 Å². The van der Waals surface area contributed by atoms with E-state index >= 15 is 0 Å². The molecule has 4 heteroatoms. The molecule has 0 spiro atoms. The minimum Gasteiger partial charge on any atom is -0.393 e. The Morgan fingerprint density at radius 1 is 1.54 bits per heavy atom. The van der Waals surface area contributed by atoms with E-state index in [1.165, 1.54) is 0 Å². The fourth-order valence-corrected chi connectivity index (χ4v) is 1.93. The van der Waals surface area contributed by atoms with Crippen molar-refractivity contribution in [1.29, 1.82) is 0 Å². The summed E-state index contributed by atoms with van der Waals surface area (Å²) in [6, 6.07) is 0. The number of rotatable bonds is 1. The van der Waals surface area contributed by atoms with Crippen LogP contribution in [0.2, 0.25) is 0 Å². The fraction of sp³-hybridized carbons (Fsp3) is 0.889. The van der Waals surface area contributed by atoms with Crippen molar-refractivity contribution in [1.82, 2.24) is 10.2 Å². The monoisotopic (exact) mass is 202 g/mol. The Bertz CT molecular complexity index is 176. The molecule has 0 bridgehead atoms. The Hall–Kier alpha value is -0.350. The van der Waals surface area contributed by atoms with Gasteiger partial charge in [-0.2, -0.15) is 0 Å². The first-order valence-electron chi connectivity index (χ1n) is 4.80. The van der Waals surface area contributed by atoms with Crippen molar-refractivity contribution in [3.05, 3.63) is 0 Å². The van der Waals surface area contributed by atoms with E-state index in [-0.39, 0.29) is 6.10 Å². The second kappa shape index (κ2) is 4.77. The van der Waals surface area contributed by atoms with E-state index in [2.05, 4.69) is 10.2 Å². The summed E-state index contributed by atoms with van der Waals surface area (Å²) in [5.74, 6) is 0.455. The summed E-state index contributed by atoms with van der Waals surface area (Å²) in [5, 5.41) is 13.2. The van der Waals surface area contributed by atoms with Gasteiger partial charge >= 0.3 is 0 Å². The Morgan fingerprint density at radius 3 is 2.46 bits per heavy atom. The van der Waals surface area contributed by atoms with Crippen molar-refractivity contribution in [2.75, 3.05) is 20.1 Å². The van der Waals surface area contributed by atoms with Crippen molar-refractivity contribution in [2.24, 2.45) is 5.92 Å². The number of nitrogens with zero attached hydrogens (tertiary/aromatic N) is 1. The first-order valence-corrected chi connectivity index (χ1v) is 5.20. The smallest absolute Gasteiger partial charge is 0.168 e. The fourth-order valence-electron chi connectivity index (χ4n) is 1.74. The van der Waals surface area contributed by atoms with Crippen molar-refractivity contribution in [2.45, 2.75) is 25.9 Å². The van der Waals surface area contributed by atoms with Crippen LogP contribution in [0.1, 0.15) is 19.8 Å². The number of nitrogens with one attached hydrogen (secondary N) is 1. The standard InChI is InChI=1S/C9H18N2OS/c1-7(12)8-3-5-11(6-4-8)9(13)10-2/h7-8,12H,3-6H2,1-2H3,(H,10,13). The number of aliphatic hydroxyl groups is 1. The molecule has 0 saturated carbocycles. The van der Waals surface area contributed by atoms with Crippen LogP contribution in [0.25, 0.3) is 0 Å². The summed E-state index contributed by atoms with van der Waals surface area (Å²) < 4.78 is 0. The number of aliphatic hydroxyl groups excluding tert-OH is 1. The third-order valence-corrected chi connectivity index (χ3v) is 3.19. The molecule has 1 aliphatic rings. The first-order chi connectivity index (χ1) is 6.15. The average Bonchev–Trinajstić information content (AvgIpc) is 2.17. The Balaban J connectivity index is 2.34. The molecule has 1 atom stereocenters. The molecule has 13 heavy (non-hydrogen) atoms. The van der Waals surface area contributed by atoms with Gasteiger partial charge in [0.15, 0.2) is 5.11 Å². The van der Waals surface area contributed by atoms with Gasteiger partial charge in [0.1, 0.15) is 0 Å². The van der Waals surface area contributed by atoms with Crippen molar-refractivity contribution < 1.29 is 5.11 Å². The van der Waals surface area contributed by atoms with Gasteiger partial charge in [0.2, 0.25) is 0 Å². The van der Waals surface area contributed by atoms with Crippen LogP contribution in [0.5, 0.6) is 0 Å². The first kappa shape index (κ1) is 10.7. The lowest BCUT2D eigenvalue weighted by Crippen LogP contribution is -2.44. The molecular weight excluding hydrogens is 184 g/mol. The zero-order valence-electron chi connectivity index (χ0n) is 8.29. The van der Waals surface area contributed by atoms with Crippen molar-refractivity contribution >= 4 is 17.3 Å². The molecule has 1 saturated heterocycles. The molecule has 3 nitrogen and oxygen atoms in total. The summed E-state index contributed by atoms with van der Waals surface area (Å²) in [6.07, 6.45) is 1.91. The maximum atomic E-state index is 9.39. The van der Waals surface area contributed by atoms with Gasteiger partial charge in [-0.3, -0.25) is 0 Å². The van der Waals surface area contributed by atoms with Crippen molar-refractivity contribution in [3.63, 3.8) is 0 Å². The van der Waals surface area contributed by atoms with E-state index in [4.69, 9.17) is 12.2 Å². The molecule has 1 heterocycles. The largest absolute Gasteiger partial charge is 0.393 e. The molecule has 2 N–H and O–H groups in total. The lowest BCUT2D eigenvalue weighted by atomic mass is 9.92. The average molecular weight is 202 g/mol. The van der Waals surface area contributed by atoms with Crippen LogP contribution in [-0.4, -0.2) is 41.4 Å². The molecule has 0 radical (unpaired) electrons. The molecule has 0 aromatic rings. The van der Waals surface area contributed by atoms with Gasteiger partial charge in [-0.15, -0.1) is 0 Å². The molecule has 1 fully saturated rings. The summed E-state index contributed by atoms with van der Waals surface area (Å²) in [4.78, 5) is 2.16. The molecule has 0 aromatic heterocycles. The third kappa shape index (κ3) is 2.81. The highest BCUT2D eigenvalue weighted by Gasteiger charge is 2.23. The minimum absolute atomic E-state index is 0.176. The SMILES string of the molecule is CNC(=S)N1CCC(C(C)O)CC1. The molecule has 0 amide bonds. The van der Waals surface area contributed by atoms with Gasteiger partial charge in [0.05, 0.1) is 6.10 Å². The quantitative estimate of drug-likeness (QED) is 0.610. The Morgan fingerprint density at radius 2 is 2.08 bits per heavy atom. The molecular formula is C9H18N2OS. The molecule has 0 aliphatic carbocycles. The maximum Gasteiger partial charge on any atom is 0.168 e. The molecule has 1 aliphatic heterocycles. The van der Waals surface area contributed by atoms with Crippen LogP contribution in [0.3, 0.4) is 0 Å². The predicted octanol–water partition coefficient (Wildman–Crippen LogP) is 0.583. The molecule has 76 valence electrons. The number of hydrogen-bond donors (Lipinski definition) is 2. The van der Waals surface area contributed by atoms with E-state index in [9.17, 15) is 5.11 Å². The zero-order valence-corrected chi connectivity index (χ0v) is 9.10. The maximum absolute atomic E-state index is 9.39. The third-order valence-electron chi connectivity index (χ3n) is 2.72. The highest BCUT2D eigenvalue weighted by Crippen LogP contribution is 2.20. The van der Waals surface area contributed by atoms with Crippen LogP contribution in [0.15, 0.2) is 0 Å². The second-order valence-corrected chi connectivity index (χ2v) is 4.01. The summed E-state index contributed by atoms with van der Waals surface area (Å²) in [7, 11) is 1.85. The van der Waals surface area contributed by atoms with Gasteiger partial charge in [-0.25, -0.2) is 0 Å². The summed E-state index contributed by atoms with van der Waals surface area (Å²) in [6.45, 7) is 3.81. The van der Waals surface area contributed by atoms with Gasteiger partial charge < -0.3 is 15.3 Å². The highest BCUT2D eigenvalue weighted by molar-refractivity contribution is 7.80. The van der Waals surface area contributed by atoms with Gasteiger partial charge in [0, 0.05) is 20.1 Å². The van der Waals surface area contributed by atoms with Crippen molar-refractivity contribution in [3.8, 4) is 0 Å². The number of piperidine rings is 1. The predicted molar refractivity (Wildman–Crippen MR) is 57.6 cm³/mol. The number of likely N-dealkylation sites (tertiary alicyclic amines) is 1. The zero-order chi connectivity index (χ0) is 9.84. The van der Waals surface area contributed by atoms with Gasteiger partial charge in [-0.05, 0) is 37.9 Å². The van der Waals surface area contributed by atoms with Crippen LogP contribution in [0, 0.1) is 5.92 Å². The van der Waals surface area contributed by atoms with E-state index in [0.717, 1.165) is 31.0 Å². The summed E-state index contributed by atoms with van der Waals surface area (Å²) in [5.41, 5.74) is 0. The van der Waals surface area contributed by atoms with Gasteiger partial charge in [0.25, 0.3) is 0 Å². The van der Waals surface area contributed by atoms with Crippen LogP contribution in [0.4, 0.5) is 0 Å². The second-order valence-electron chi connectivity index (χ2n) is 3.62. The van der Waals surface area contributed by atoms with E-state index in [1.54, 1.807) is 0 Å². The lowest BCUT2D eigenvalue weighted by molar-refractivity contribution is 0.0889. The number of thiocarbonyl (C=S) groups is 1. The van der Waals surface area contributed by atoms with E-state index < -0.39 is 0 Å². The topological polar surface area (TPSA) is 35.5 Å². The van der Waals surface area contributed by atoms with Crippen LogP contribution >= 0.6 is 12.2 Å². The van der Waals surface area contributed by atoms with E-state index in [1.807, 2.05) is 14.0 Å². The Kier molecular flexibility index (Phi) is 3.93. The Labute approximate surface area is 85.1 Å². The lowest BCUT2D eigenvalue weighted by Gasteiger charge is -2.34. The summed E-state index contributed by atoms with van der Waals surface area (Å²) >= 11 is 5.13. The highest BCUT2D eigenvalue weighted by atomic mass is 32.1. The normalized spacial score (nSPS) is 21.3.